The number of fused-ring (bicyclic) bond motifs is 1. The fourth-order valence-electron chi connectivity index (χ4n) is 4.42. The summed E-state index contributed by atoms with van der Waals surface area (Å²) in [5.74, 6) is -0.229. The number of carbonyl (C=O) groups excluding carboxylic acids is 2. The minimum atomic E-state index is -1.96. The summed E-state index contributed by atoms with van der Waals surface area (Å²) in [5, 5.41) is 4.37. The van der Waals surface area contributed by atoms with E-state index in [1.807, 2.05) is 67.6 Å². The number of hydrogen-bond acceptors (Lipinski definition) is 5. The molecule has 0 radical (unpaired) electrons. The Kier molecular flexibility index (Phi) is 8.92. The molecule has 5 rings (SSSR count). The standard InChI is InChI=1S/C31H23Cl3N2O3S2/c1-19(21-8-3-2-4-9-21)36-28(38)26(41-30(36)40)18-20-14-16-23(17-15-20)39-29(31(32,33)34)35-27(37)25-13-7-11-22-10-5-6-12-24(22)25/h2-19,29H,1H3,(H,35,37)/b26-18-/t19-,29-/m0/s1. The fraction of sp³-hybridized carbons (Fsp3) is 0.129. The Balaban J connectivity index is 1.30. The Hall–Kier alpha value is -3.07. The van der Waals surface area contributed by atoms with E-state index in [1.54, 1.807) is 47.4 Å². The predicted octanol–water partition coefficient (Wildman–Crippen LogP) is 8.31. The first-order valence-corrected chi connectivity index (χ1v) is 14.9. The molecule has 5 nitrogen and oxygen atoms in total. The van der Waals surface area contributed by atoms with Gasteiger partial charge >= 0.3 is 0 Å². The second-order valence-corrected chi connectivity index (χ2v) is 13.3. The van der Waals surface area contributed by atoms with E-state index in [1.165, 1.54) is 11.8 Å². The summed E-state index contributed by atoms with van der Waals surface area (Å²) in [7, 11) is 0. The van der Waals surface area contributed by atoms with E-state index in [-0.39, 0.29) is 11.9 Å². The topological polar surface area (TPSA) is 58.6 Å². The number of ether oxygens (including phenoxy) is 1. The SMILES string of the molecule is C[C@@H](c1ccccc1)N1C(=O)/C(=C/c2ccc(O[C@H](NC(=O)c3cccc4ccccc34)C(Cl)(Cl)Cl)cc2)SC1=S. The van der Waals surface area contributed by atoms with Crippen LogP contribution in [0.15, 0.2) is 102 Å². The molecule has 4 aromatic carbocycles. The van der Waals surface area contributed by atoms with Gasteiger partial charge in [0.15, 0.2) is 0 Å². The van der Waals surface area contributed by atoms with Crippen molar-refractivity contribution in [3.05, 3.63) is 119 Å². The molecule has 2 atom stereocenters. The van der Waals surface area contributed by atoms with E-state index in [0.29, 0.717) is 20.5 Å². The lowest BCUT2D eigenvalue weighted by atomic mass is 10.0. The summed E-state index contributed by atoms with van der Waals surface area (Å²) >= 11 is 25.3. The number of hydrogen-bond donors (Lipinski definition) is 1. The first-order chi connectivity index (χ1) is 19.6. The van der Waals surface area contributed by atoms with E-state index < -0.39 is 15.9 Å². The van der Waals surface area contributed by atoms with E-state index in [4.69, 9.17) is 51.8 Å². The highest BCUT2D eigenvalue weighted by Gasteiger charge is 2.37. The average molecular weight is 642 g/mol. The van der Waals surface area contributed by atoms with Crippen molar-refractivity contribution in [2.45, 2.75) is 23.0 Å². The van der Waals surface area contributed by atoms with Crippen LogP contribution in [0.5, 0.6) is 5.75 Å². The number of halogens is 3. The highest BCUT2D eigenvalue weighted by atomic mass is 35.6. The third kappa shape index (κ3) is 6.71. The van der Waals surface area contributed by atoms with Crippen LogP contribution >= 0.6 is 58.8 Å². The number of rotatable bonds is 7. The van der Waals surface area contributed by atoms with Gasteiger partial charge in [0, 0.05) is 5.56 Å². The summed E-state index contributed by atoms with van der Waals surface area (Å²) in [4.78, 5) is 28.5. The summed E-state index contributed by atoms with van der Waals surface area (Å²) in [5.41, 5.74) is 2.19. The van der Waals surface area contributed by atoms with Crippen molar-refractivity contribution in [3.8, 4) is 5.75 Å². The number of thioether (sulfide) groups is 1. The lowest BCUT2D eigenvalue weighted by molar-refractivity contribution is -0.123. The third-order valence-electron chi connectivity index (χ3n) is 6.52. The molecule has 0 unspecified atom stereocenters. The molecule has 0 spiro atoms. The maximum Gasteiger partial charge on any atom is 0.266 e. The van der Waals surface area contributed by atoms with Crippen molar-refractivity contribution in [3.63, 3.8) is 0 Å². The summed E-state index contributed by atoms with van der Waals surface area (Å²) in [6.45, 7) is 1.95. The van der Waals surface area contributed by atoms with E-state index in [9.17, 15) is 9.59 Å². The minimum absolute atomic E-state index is 0.149. The number of thiocarbonyl (C=S) groups is 1. The fourth-order valence-corrected chi connectivity index (χ4v) is 6.14. The summed E-state index contributed by atoms with van der Waals surface area (Å²) in [6, 6.07) is 29.4. The van der Waals surface area contributed by atoms with Crippen LogP contribution in [0.3, 0.4) is 0 Å². The van der Waals surface area contributed by atoms with Crippen LogP contribution in [0, 0.1) is 0 Å². The zero-order chi connectivity index (χ0) is 29.1. The molecule has 41 heavy (non-hydrogen) atoms. The molecular weight excluding hydrogens is 619 g/mol. The Bertz CT molecular complexity index is 1640. The average Bonchev–Trinajstić information content (AvgIpc) is 3.24. The maximum absolute atomic E-state index is 13.2. The predicted molar refractivity (Wildman–Crippen MR) is 172 cm³/mol. The number of alkyl halides is 3. The van der Waals surface area contributed by atoms with E-state index in [2.05, 4.69) is 5.32 Å². The molecule has 4 aromatic rings. The van der Waals surface area contributed by atoms with Crippen LogP contribution in [0.1, 0.15) is 34.5 Å². The smallest absolute Gasteiger partial charge is 0.266 e. The lowest BCUT2D eigenvalue weighted by Gasteiger charge is -2.26. The monoisotopic (exact) mass is 640 g/mol. The van der Waals surface area contributed by atoms with Gasteiger partial charge in [0.1, 0.15) is 10.1 Å². The molecule has 1 aliphatic rings. The Morgan fingerprint density at radius 2 is 1.61 bits per heavy atom. The van der Waals surface area contributed by atoms with Crippen LogP contribution in [0.25, 0.3) is 16.8 Å². The highest BCUT2D eigenvalue weighted by molar-refractivity contribution is 8.26. The number of amides is 2. The van der Waals surface area contributed by atoms with Gasteiger partial charge in [0.05, 0.1) is 10.9 Å². The van der Waals surface area contributed by atoms with Crippen LogP contribution in [0.4, 0.5) is 0 Å². The van der Waals surface area contributed by atoms with Gasteiger partial charge in [-0.2, -0.15) is 0 Å². The van der Waals surface area contributed by atoms with Crippen molar-refractivity contribution in [2.24, 2.45) is 0 Å². The highest BCUT2D eigenvalue weighted by Crippen LogP contribution is 2.38. The van der Waals surface area contributed by atoms with Crippen molar-refractivity contribution < 1.29 is 14.3 Å². The largest absolute Gasteiger partial charge is 0.466 e. The number of nitrogens with one attached hydrogen (secondary N) is 1. The molecule has 1 N–H and O–H groups in total. The third-order valence-corrected chi connectivity index (χ3v) is 8.44. The molecule has 0 aliphatic carbocycles. The first kappa shape index (κ1) is 29.4. The molecule has 0 saturated carbocycles. The van der Waals surface area contributed by atoms with Gasteiger partial charge in [0.2, 0.25) is 10.0 Å². The van der Waals surface area contributed by atoms with Crippen LogP contribution < -0.4 is 10.1 Å². The molecule has 208 valence electrons. The molecule has 10 heteroatoms. The Morgan fingerprint density at radius 3 is 2.32 bits per heavy atom. The molecule has 2 amide bonds. The Morgan fingerprint density at radius 1 is 0.951 bits per heavy atom. The van der Waals surface area contributed by atoms with Gasteiger partial charge in [-0.1, -0.05) is 138 Å². The molecule has 0 aromatic heterocycles. The maximum atomic E-state index is 13.2. The number of carbonyl (C=O) groups is 2. The van der Waals surface area contributed by atoms with Gasteiger partial charge in [-0.3, -0.25) is 14.5 Å². The van der Waals surface area contributed by atoms with Crippen molar-refractivity contribution in [1.82, 2.24) is 10.2 Å². The molecule has 1 heterocycles. The van der Waals surface area contributed by atoms with Crippen molar-refractivity contribution in [1.29, 1.82) is 0 Å². The van der Waals surface area contributed by atoms with Crippen LogP contribution in [-0.2, 0) is 4.79 Å². The normalized spacial score (nSPS) is 16.2. The first-order valence-electron chi connectivity index (χ1n) is 12.6. The lowest BCUT2D eigenvalue weighted by Crippen LogP contribution is -2.47. The van der Waals surface area contributed by atoms with Gasteiger partial charge in [0.25, 0.3) is 11.8 Å². The van der Waals surface area contributed by atoms with Gasteiger partial charge < -0.3 is 10.1 Å². The molecule has 1 aliphatic heterocycles. The Labute approximate surface area is 262 Å². The van der Waals surface area contributed by atoms with Gasteiger partial charge in [-0.15, -0.1) is 0 Å². The molecule has 0 bridgehead atoms. The number of benzene rings is 4. The van der Waals surface area contributed by atoms with Crippen molar-refractivity contribution >= 4 is 91.8 Å². The van der Waals surface area contributed by atoms with Gasteiger partial charge in [-0.05, 0) is 53.1 Å². The second-order valence-electron chi connectivity index (χ2n) is 9.25. The molecular formula is C31H23Cl3N2O3S2. The second kappa shape index (κ2) is 12.4. The van der Waals surface area contributed by atoms with E-state index in [0.717, 1.165) is 21.9 Å². The summed E-state index contributed by atoms with van der Waals surface area (Å²) in [6.07, 6.45) is 0.496. The van der Waals surface area contributed by atoms with E-state index >= 15 is 0 Å². The van der Waals surface area contributed by atoms with Gasteiger partial charge in [-0.25, -0.2) is 0 Å². The number of nitrogens with zero attached hydrogens (tertiary/aromatic N) is 1. The molecule has 1 fully saturated rings. The zero-order valence-electron chi connectivity index (χ0n) is 21.6. The summed E-state index contributed by atoms with van der Waals surface area (Å²) < 4.78 is 4.44. The van der Waals surface area contributed by atoms with Crippen LogP contribution in [-0.4, -0.2) is 31.1 Å². The van der Waals surface area contributed by atoms with Crippen molar-refractivity contribution in [2.75, 3.05) is 0 Å². The zero-order valence-corrected chi connectivity index (χ0v) is 25.5. The molecule has 1 saturated heterocycles. The minimum Gasteiger partial charge on any atom is -0.466 e. The quantitative estimate of drug-likeness (QED) is 0.0952. The van der Waals surface area contributed by atoms with Crippen LogP contribution in [0.2, 0.25) is 0 Å².